The molecular weight excluding hydrogens is 288 g/mol. The van der Waals surface area contributed by atoms with E-state index in [9.17, 15) is 4.79 Å². The van der Waals surface area contributed by atoms with Crippen LogP contribution in [0.2, 0.25) is 0 Å². The van der Waals surface area contributed by atoms with Crippen LogP contribution in [0.1, 0.15) is 25.0 Å². The van der Waals surface area contributed by atoms with Crippen LogP contribution in [0.4, 0.5) is 4.79 Å². The Bertz CT molecular complexity index is 609. The molecule has 0 radical (unpaired) electrons. The van der Waals surface area contributed by atoms with E-state index in [1.807, 2.05) is 68.4 Å². The second-order valence-corrected chi connectivity index (χ2v) is 5.81. The van der Waals surface area contributed by atoms with E-state index in [1.54, 1.807) is 11.9 Å². The first-order valence-corrected chi connectivity index (χ1v) is 7.83. The van der Waals surface area contributed by atoms with Crippen molar-refractivity contribution in [2.75, 3.05) is 7.05 Å². The molecule has 0 heterocycles. The van der Waals surface area contributed by atoms with Gasteiger partial charge in [0.2, 0.25) is 0 Å². The van der Waals surface area contributed by atoms with Crippen molar-refractivity contribution >= 4 is 6.03 Å². The van der Waals surface area contributed by atoms with Crippen molar-refractivity contribution in [1.82, 2.24) is 10.2 Å². The number of hydrogen-bond acceptors (Lipinski definition) is 2. The third-order valence-corrected chi connectivity index (χ3v) is 3.35. The quantitative estimate of drug-likeness (QED) is 0.881. The maximum Gasteiger partial charge on any atom is 0.317 e. The first kappa shape index (κ1) is 16.9. The molecule has 0 aliphatic rings. The van der Waals surface area contributed by atoms with Gasteiger partial charge in [-0.2, -0.15) is 0 Å². The highest BCUT2D eigenvalue weighted by Gasteiger charge is 2.08. The Morgan fingerprint density at radius 3 is 2.30 bits per heavy atom. The van der Waals surface area contributed by atoms with E-state index in [2.05, 4.69) is 5.32 Å². The summed E-state index contributed by atoms with van der Waals surface area (Å²) in [7, 11) is 1.79. The molecule has 2 rings (SSSR count). The monoisotopic (exact) mass is 312 g/mol. The summed E-state index contributed by atoms with van der Waals surface area (Å²) in [5.74, 6) is 0.844. The smallest absolute Gasteiger partial charge is 0.317 e. The summed E-state index contributed by atoms with van der Waals surface area (Å²) in [5, 5.41) is 2.93. The van der Waals surface area contributed by atoms with Crippen LogP contribution >= 0.6 is 0 Å². The molecule has 0 spiro atoms. The topological polar surface area (TPSA) is 41.6 Å². The maximum absolute atomic E-state index is 12.1. The highest BCUT2D eigenvalue weighted by molar-refractivity contribution is 5.73. The van der Waals surface area contributed by atoms with Crippen LogP contribution in [0.3, 0.4) is 0 Å². The van der Waals surface area contributed by atoms with Crippen LogP contribution < -0.4 is 10.1 Å². The van der Waals surface area contributed by atoms with Crippen molar-refractivity contribution in [2.45, 2.75) is 33.0 Å². The van der Waals surface area contributed by atoms with Crippen LogP contribution in [-0.2, 0) is 13.1 Å². The van der Waals surface area contributed by atoms with E-state index in [0.717, 1.165) is 16.9 Å². The van der Waals surface area contributed by atoms with Gasteiger partial charge in [0.25, 0.3) is 0 Å². The number of amides is 2. The van der Waals surface area contributed by atoms with Gasteiger partial charge in [0, 0.05) is 20.1 Å². The van der Waals surface area contributed by atoms with Gasteiger partial charge in [-0.1, -0.05) is 42.5 Å². The molecule has 0 aliphatic heterocycles. The van der Waals surface area contributed by atoms with E-state index in [-0.39, 0.29) is 12.1 Å². The normalized spacial score (nSPS) is 10.4. The number of nitrogens with one attached hydrogen (secondary N) is 1. The van der Waals surface area contributed by atoms with Gasteiger partial charge >= 0.3 is 6.03 Å². The van der Waals surface area contributed by atoms with E-state index in [1.165, 1.54) is 0 Å². The lowest BCUT2D eigenvalue weighted by Gasteiger charge is -2.18. The van der Waals surface area contributed by atoms with E-state index >= 15 is 0 Å². The SMILES string of the molecule is CC(C)Oc1ccc(CNC(=O)N(C)Cc2ccccc2)cc1. The van der Waals surface area contributed by atoms with Crippen LogP contribution in [0.15, 0.2) is 54.6 Å². The number of carbonyl (C=O) groups is 1. The standard InChI is InChI=1S/C19H24N2O2/c1-15(2)23-18-11-9-16(10-12-18)13-20-19(22)21(3)14-17-7-5-4-6-8-17/h4-12,15H,13-14H2,1-3H3,(H,20,22). The third kappa shape index (κ3) is 5.66. The first-order valence-electron chi connectivity index (χ1n) is 7.83. The van der Waals surface area contributed by atoms with Gasteiger partial charge in [0.1, 0.15) is 5.75 Å². The summed E-state index contributed by atoms with van der Waals surface area (Å²) >= 11 is 0. The lowest BCUT2D eigenvalue weighted by Crippen LogP contribution is -2.36. The number of hydrogen-bond donors (Lipinski definition) is 1. The molecule has 4 heteroatoms. The van der Waals surface area contributed by atoms with Crippen molar-refractivity contribution in [3.8, 4) is 5.75 Å². The van der Waals surface area contributed by atoms with Crippen molar-refractivity contribution in [2.24, 2.45) is 0 Å². The Hall–Kier alpha value is -2.49. The number of benzene rings is 2. The predicted octanol–water partition coefficient (Wildman–Crippen LogP) is 3.82. The van der Waals surface area contributed by atoms with Gasteiger partial charge < -0.3 is 15.0 Å². The molecule has 0 atom stereocenters. The van der Waals surface area contributed by atoms with Gasteiger partial charge in [0.05, 0.1) is 6.10 Å². The Morgan fingerprint density at radius 1 is 1.04 bits per heavy atom. The molecule has 0 unspecified atom stereocenters. The molecule has 2 amide bonds. The van der Waals surface area contributed by atoms with E-state index < -0.39 is 0 Å². The molecule has 1 N–H and O–H groups in total. The molecule has 2 aromatic rings. The first-order chi connectivity index (χ1) is 11.0. The summed E-state index contributed by atoms with van der Waals surface area (Å²) < 4.78 is 5.60. The molecule has 122 valence electrons. The van der Waals surface area contributed by atoms with Crippen LogP contribution in [0, 0.1) is 0 Å². The molecule has 0 saturated heterocycles. The van der Waals surface area contributed by atoms with E-state index in [0.29, 0.717) is 13.1 Å². The average Bonchev–Trinajstić information content (AvgIpc) is 2.54. The third-order valence-electron chi connectivity index (χ3n) is 3.35. The second-order valence-electron chi connectivity index (χ2n) is 5.81. The molecule has 0 bridgehead atoms. The number of rotatable bonds is 6. The molecule has 0 saturated carbocycles. The summed E-state index contributed by atoms with van der Waals surface area (Å²) in [6, 6.07) is 17.6. The van der Waals surface area contributed by atoms with Gasteiger partial charge in [0.15, 0.2) is 0 Å². The number of ether oxygens (including phenoxy) is 1. The Labute approximate surface area is 138 Å². The lowest BCUT2D eigenvalue weighted by atomic mass is 10.2. The molecule has 0 fully saturated rings. The zero-order valence-corrected chi connectivity index (χ0v) is 14.0. The Kier molecular flexibility index (Phi) is 6.03. The van der Waals surface area contributed by atoms with Crippen LogP contribution in [0.5, 0.6) is 5.75 Å². The van der Waals surface area contributed by atoms with Crippen molar-refractivity contribution in [3.05, 3.63) is 65.7 Å². The van der Waals surface area contributed by atoms with Gasteiger partial charge in [-0.15, -0.1) is 0 Å². The molecule has 2 aromatic carbocycles. The number of carbonyl (C=O) groups excluding carboxylic acids is 1. The molecule has 4 nitrogen and oxygen atoms in total. The van der Waals surface area contributed by atoms with Gasteiger partial charge in [-0.05, 0) is 37.1 Å². The van der Waals surface area contributed by atoms with Gasteiger partial charge in [-0.25, -0.2) is 4.79 Å². The maximum atomic E-state index is 12.1. The van der Waals surface area contributed by atoms with Crippen molar-refractivity contribution in [3.63, 3.8) is 0 Å². The minimum Gasteiger partial charge on any atom is -0.491 e. The largest absolute Gasteiger partial charge is 0.491 e. The summed E-state index contributed by atoms with van der Waals surface area (Å²) in [4.78, 5) is 13.8. The lowest BCUT2D eigenvalue weighted by molar-refractivity contribution is 0.206. The second kappa shape index (κ2) is 8.22. The van der Waals surface area contributed by atoms with E-state index in [4.69, 9.17) is 4.74 Å². The highest BCUT2D eigenvalue weighted by atomic mass is 16.5. The van der Waals surface area contributed by atoms with Crippen molar-refractivity contribution in [1.29, 1.82) is 0 Å². The predicted molar refractivity (Wildman–Crippen MR) is 92.4 cm³/mol. The van der Waals surface area contributed by atoms with Crippen LogP contribution in [-0.4, -0.2) is 24.1 Å². The zero-order valence-electron chi connectivity index (χ0n) is 14.0. The minimum atomic E-state index is -0.0867. The Morgan fingerprint density at radius 2 is 1.70 bits per heavy atom. The fourth-order valence-corrected chi connectivity index (χ4v) is 2.20. The zero-order chi connectivity index (χ0) is 16.7. The molecule has 0 aliphatic carbocycles. The fraction of sp³-hybridized carbons (Fsp3) is 0.316. The summed E-state index contributed by atoms with van der Waals surface area (Å²) in [6.07, 6.45) is 0.159. The summed E-state index contributed by atoms with van der Waals surface area (Å²) in [5.41, 5.74) is 2.16. The number of urea groups is 1. The number of nitrogens with zero attached hydrogens (tertiary/aromatic N) is 1. The van der Waals surface area contributed by atoms with Crippen LogP contribution in [0.25, 0.3) is 0 Å². The van der Waals surface area contributed by atoms with Crippen molar-refractivity contribution < 1.29 is 9.53 Å². The average molecular weight is 312 g/mol. The Balaban J connectivity index is 1.81. The summed E-state index contributed by atoms with van der Waals surface area (Å²) in [6.45, 7) is 5.08. The molecular formula is C19H24N2O2. The molecule has 23 heavy (non-hydrogen) atoms. The molecule has 0 aromatic heterocycles. The van der Waals surface area contributed by atoms with Gasteiger partial charge in [-0.3, -0.25) is 0 Å². The fourth-order valence-electron chi connectivity index (χ4n) is 2.20. The highest BCUT2D eigenvalue weighted by Crippen LogP contribution is 2.13. The minimum absolute atomic E-state index is 0.0867.